The van der Waals surface area contributed by atoms with Gasteiger partial charge in [0.2, 0.25) is 5.91 Å². The van der Waals surface area contributed by atoms with Crippen molar-refractivity contribution in [3.63, 3.8) is 0 Å². The van der Waals surface area contributed by atoms with Crippen molar-refractivity contribution in [1.29, 1.82) is 0 Å². The molecule has 11 heteroatoms. The van der Waals surface area contributed by atoms with Gasteiger partial charge >= 0.3 is 0 Å². The van der Waals surface area contributed by atoms with Crippen LogP contribution in [0.15, 0.2) is 58.1 Å². The smallest absolute Gasteiger partial charge is 0.282 e. The molecular weight excluding hydrogens is 608 g/mol. The minimum absolute atomic E-state index is 0.138. The van der Waals surface area contributed by atoms with Crippen LogP contribution in [0.5, 0.6) is 0 Å². The topological polar surface area (TPSA) is 98.6 Å². The minimum atomic E-state index is -0.138. The second-order valence-corrected chi connectivity index (χ2v) is 13.1. The predicted molar refractivity (Wildman–Crippen MR) is 173 cm³/mol. The molecule has 3 aromatic rings. The number of nitrogens with zero attached hydrogens (tertiary/aromatic N) is 6. The first-order valence-electron chi connectivity index (χ1n) is 15.3. The highest BCUT2D eigenvalue weighted by atomic mass is 79.9. The fourth-order valence-corrected chi connectivity index (χ4v) is 7.14. The number of aromatic nitrogens is 3. The third-order valence-corrected chi connectivity index (χ3v) is 9.90. The van der Waals surface area contributed by atoms with E-state index < -0.39 is 0 Å². The fourth-order valence-electron chi connectivity index (χ4n) is 6.66. The van der Waals surface area contributed by atoms with Gasteiger partial charge in [-0.3, -0.25) is 14.5 Å². The molecule has 228 valence electrons. The van der Waals surface area contributed by atoms with E-state index >= 15 is 0 Å². The largest absolute Gasteiger partial charge is 0.379 e. The van der Waals surface area contributed by atoms with E-state index in [0.29, 0.717) is 22.7 Å². The molecule has 3 aliphatic rings. The fraction of sp³-hybridized carbons (Fsp3) is 0.500. The number of likely N-dealkylation sites (tertiary alicyclic amines) is 1. The van der Waals surface area contributed by atoms with Crippen LogP contribution in [0.4, 0.5) is 11.5 Å². The molecule has 3 aliphatic heterocycles. The quantitative estimate of drug-likeness (QED) is 0.403. The molecule has 1 amide bonds. The van der Waals surface area contributed by atoms with Crippen molar-refractivity contribution in [2.75, 3.05) is 63.1 Å². The summed E-state index contributed by atoms with van der Waals surface area (Å²) >= 11 is 3.45. The maximum absolute atomic E-state index is 12.3. The molecule has 1 unspecified atom stereocenters. The summed E-state index contributed by atoms with van der Waals surface area (Å²) in [5, 5.41) is 10.7. The summed E-state index contributed by atoms with van der Waals surface area (Å²) in [6, 6.07) is 13.7. The zero-order valence-corrected chi connectivity index (χ0v) is 26.6. The molecule has 2 N–H and O–H groups in total. The van der Waals surface area contributed by atoms with Gasteiger partial charge in [0.25, 0.3) is 5.56 Å². The van der Waals surface area contributed by atoms with Gasteiger partial charge in [0, 0.05) is 84.0 Å². The molecule has 0 bridgehead atoms. The number of hydrogen-bond acceptors (Lipinski definition) is 8. The van der Waals surface area contributed by atoms with Crippen LogP contribution in [-0.2, 0) is 18.4 Å². The predicted octanol–water partition coefficient (Wildman–Crippen LogP) is 3.15. The number of piperidine rings is 2. The molecule has 3 atom stereocenters. The Hall–Kier alpha value is -3.28. The Labute approximate surface area is 261 Å². The van der Waals surface area contributed by atoms with E-state index in [1.165, 1.54) is 21.4 Å². The number of hydrogen-bond donors (Lipinski definition) is 2. The van der Waals surface area contributed by atoms with E-state index in [9.17, 15) is 9.59 Å². The number of anilines is 2. The van der Waals surface area contributed by atoms with Crippen molar-refractivity contribution in [2.24, 2.45) is 7.05 Å². The average molecular weight is 650 g/mol. The van der Waals surface area contributed by atoms with Crippen LogP contribution in [0.25, 0.3) is 0 Å². The van der Waals surface area contributed by atoms with Gasteiger partial charge in [-0.25, -0.2) is 9.67 Å². The Morgan fingerprint density at radius 3 is 2.53 bits per heavy atom. The van der Waals surface area contributed by atoms with Crippen molar-refractivity contribution < 1.29 is 4.79 Å². The SMILES string of the molecule is CN1C[C@@H](Nc2cnn(C)c(=O)c2Br)C[C@@H](c2ccc(CN3CCN(c4cc(C5CCC(=O)NC5)ccn4)CC3)cc2)C1. The highest BCUT2D eigenvalue weighted by Crippen LogP contribution is 2.30. The zero-order chi connectivity index (χ0) is 29.9. The van der Waals surface area contributed by atoms with Crippen LogP contribution >= 0.6 is 15.9 Å². The Bertz CT molecular complexity index is 1480. The number of aryl methyl sites for hydroxylation is 1. The average Bonchev–Trinajstić information content (AvgIpc) is 3.02. The molecule has 2 aromatic heterocycles. The molecule has 0 aliphatic carbocycles. The van der Waals surface area contributed by atoms with Crippen LogP contribution in [-0.4, -0.2) is 89.4 Å². The van der Waals surface area contributed by atoms with Crippen molar-refractivity contribution in [2.45, 2.75) is 43.7 Å². The van der Waals surface area contributed by atoms with Gasteiger partial charge < -0.3 is 20.4 Å². The van der Waals surface area contributed by atoms with Gasteiger partial charge in [-0.1, -0.05) is 24.3 Å². The molecule has 43 heavy (non-hydrogen) atoms. The normalized spacial score (nSPS) is 23.7. The number of rotatable bonds is 7. The molecule has 3 fully saturated rings. The van der Waals surface area contributed by atoms with Gasteiger partial charge in [-0.15, -0.1) is 0 Å². The minimum Gasteiger partial charge on any atom is -0.379 e. The number of benzene rings is 1. The monoisotopic (exact) mass is 648 g/mol. The van der Waals surface area contributed by atoms with Crippen molar-refractivity contribution in [1.82, 2.24) is 29.9 Å². The number of carbonyl (C=O) groups is 1. The van der Waals surface area contributed by atoms with E-state index in [1.54, 1.807) is 13.2 Å². The molecule has 10 nitrogen and oxygen atoms in total. The van der Waals surface area contributed by atoms with Crippen molar-refractivity contribution >= 4 is 33.3 Å². The lowest BCUT2D eigenvalue weighted by Crippen LogP contribution is -2.46. The van der Waals surface area contributed by atoms with Crippen LogP contribution in [0.1, 0.15) is 47.8 Å². The standard InChI is InChI=1S/C32H41BrN8O2/c1-38-20-26(15-27(21-38)37-28-18-36-39(2)32(43)31(28)33)23-5-3-22(4-6-23)19-40-11-13-41(14-12-40)29-16-24(9-10-34-29)25-7-8-30(42)35-17-25/h3-6,9-10,16,18,25-27,37H,7-8,11-15,17,19-21H2,1-2H3,(H,35,42)/t25?,26-,27+/m1/s1. The summed E-state index contributed by atoms with van der Waals surface area (Å²) in [6.07, 6.45) is 6.14. The first-order valence-corrected chi connectivity index (χ1v) is 16.1. The van der Waals surface area contributed by atoms with Gasteiger partial charge in [0.1, 0.15) is 10.3 Å². The third-order valence-electron chi connectivity index (χ3n) is 9.13. The van der Waals surface area contributed by atoms with Crippen LogP contribution in [0.2, 0.25) is 0 Å². The van der Waals surface area contributed by atoms with Gasteiger partial charge in [-0.2, -0.15) is 5.10 Å². The summed E-state index contributed by atoms with van der Waals surface area (Å²) in [7, 11) is 3.82. The lowest BCUT2D eigenvalue weighted by Gasteiger charge is -2.37. The van der Waals surface area contributed by atoms with E-state index in [1.807, 2.05) is 6.20 Å². The summed E-state index contributed by atoms with van der Waals surface area (Å²) in [5.74, 6) is 1.99. The molecule has 3 saturated heterocycles. The summed E-state index contributed by atoms with van der Waals surface area (Å²) in [5.41, 5.74) is 4.58. The third kappa shape index (κ3) is 7.11. The number of carbonyl (C=O) groups excluding carboxylic acids is 1. The zero-order valence-electron chi connectivity index (χ0n) is 25.0. The number of nitrogens with one attached hydrogen (secondary N) is 2. The van der Waals surface area contributed by atoms with Crippen LogP contribution in [0, 0.1) is 0 Å². The van der Waals surface area contributed by atoms with Gasteiger partial charge in [0.05, 0.1) is 11.9 Å². The lowest BCUT2D eigenvalue weighted by molar-refractivity contribution is -0.122. The Morgan fingerprint density at radius 1 is 1.00 bits per heavy atom. The maximum atomic E-state index is 12.3. The molecular formula is C32H41BrN8O2. The molecule has 0 saturated carbocycles. The highest BCUT2D eigenvalue weighted by molar-refractivity contribution is 9.10. The molecule has 0 spiro atoms. The number of halogens is 1. The maximum Gasteiger partial charge on any atom is 0.282 e. The highest BCUT2D eigenvalue weighted by Gasteiger charge is 2.28. The molecule has 0 radical (unpaired) electrons. The van der Waals surface area contributed by atoms with Crippen molar-refractivity contribution in [3.05, 3.63) is 80.3 Å². The van der Waals surface area contributed by atoms with Gasteiger partial charge in [-0.05, 0) is 70.6 Å². The summed E-state index contributed by atoms with van der Waals surface area (Å²) in [4.78, 5) is 35.8. The number of pyridine rings is 1. The summed E-state index contributed by atoms with van der Waals surface area (Å²) in [6.45, 7) is 7.51. The van der Waals surface area contributed by atoms with Crippen molar-refractivity contribution in [3.8, 4) is 0 Å². The second-order valence-electron chi connectivity index (χ2n) is 12.3. The molecule has 1 aromatic carbocycles. The number of piperazine rings is 1. The Kier molecular flexibility index (Phi) is 9.11. The first-order chi connectivity index (χ1) is 20.8. The second kappa shape index (κ2) is 13.2. The number of amides is 1. The molecule has 6 rings (SSSR count). The van der Waals surface area contributed by atoms with E-state index in [-0.39, 0.29) is 17.5 Å². The lowest BCUT2D eigenvalue weighted by atomic mass is 9.87. The number of likely N-dealkylation sites (N-methyl/N-ethyl adjacent to an activating group) is 1. The van der Waals surface area contributed by atoms with Crippen LogP contribution in [0.3, 0.4) is 0 Å². The summed E-state index contributed by atoms with van der Waals surface area (Å²) < 4.78 is 1.87. The Morgan fingerprint density at radius 2 is 1.79 bits per heavy atom. The first kappa shape index (κ1) is 29.8. The van der Waals surface area contributed by atoms with Crippen LogP contribution < -0.4 is 21.1 Å². The van der Waals surface area contributed by atoms with E-state index in [2.05, 4.69) is 94.8 Å². The van der Waals surface area contributed by atoms with Gasteiger partial charge in [0.15, 0.2) is 0 Å². The Balaban J connectivity index is 1.02. The molecule has 5 heterocycles. The van der Waals surface area contributed by atoms with E-state index in [4.69, 9.17) is 0 Å². The van der Waals surface area contributed by atoms with E-state index in [0.717, 1.165) is 76.7 Å².